The van der Waals surface area contributed by atoms with Gasteiger partial charge >= 0.3 is 0 Å². The molecule has 1 aromatic carbocycles. The Morgan fingerprint density at radius 3 is 3.00 bits per heavy atom. The Kier molecular flexibility index (Phi) is 3.94. The number of amides is 1. The molecule has 0 aliphatic rings. The van der Waals surface area contributed by atoms with Crippen molar-refractivity contribution in [2.45, 2.75) is 19.9 Å². The fraction of sp³-hybridized carbons (Fsp3) is 0.385. The molecule has 0 saturated carbocycles. The first kappa shape index (κ1) is 12.6. The fourth-order valence-corrected chi connectivity index (χ4v) is 2.00. The average Bonchev–Trinajstić information content (AvgIpc) is 2.70. The van der Waals surface area contributed by atoms with E-state index in [9.17, 15) is 4.79 Å². The standard InChI is InChI=1S/C13H17N3O2/c1-10-15-11-5-2-3-6-12(11)16(10)8-4-7-14-13(18)9-17/h2-3,5-6,17H,4,7-9H2,1H3,(H,14,18). The van der Waals surface area contributed by atoms with Gasteiger partial charge in [-0.2, -0.15) is 0 Å². The fourth-order valence-electron chi connectivity index (χ4n) is 2.00. The van der Waals surface area contributed by atoms with Gasteiger partial charge in [0.1, 0.15) is 12.4 Å². The van der Waals surface area contributed by atoms with Crippen LogP contribution < -0.4 is 5.32 Å². The highest BCUT2D eigenvalue weighted by atomic mass is 16.3. The highest BCUT2D eigenvalue weighted by Crippen LogP contribution is 2.15. The van der Waals surface area contributed by atoms with Crippen molar-refractivity contribution < 1.29 is 9.90 Å². The monoisotopic (exact) mass is 247 g/mol. The van der Waals surface area contributed by atoms with Gasteiger partial charge < -0.3 is 15.0 Å². The van der Waals surface area contributed by atoms with Crippen LogP contribution >= 0.6 is 0 Å². The van der Waals surface area contributed by atoms with Crippen molar-refractivity contribution in [3.63, 3.8) is 0 Å². The summed E-state index contributed by atoms with van der Waals surface area (Å²) in [6.45, 7) is 2.89. The maximum atomic E-state index is 10.9. The number of aromatic nitrogens is 2. The molecule has 2 rings (SSSR count). The minimum Gasteiger partial charge on any atom is -0.387 e. The molecule has 2 N–H and O–H groups in total. The lowest BCUT2D eigenvalue weighted by molar-refractivity contribution is -0.123. The van der Waals surface area contributed by atoms with E-state index in [0.29, 0.717) is 6.54 Å². The highest BCUT2D eigenvalue weighted by Gasteiger charge is 2.06. The van der Waals surface area contributed by atoms with E-state index in [2.05, 4.69) is 14.9 Å². The number of hydrogen-bond acceptors (Lipinski definition) is 3. The topological polar surface area (TPSA) is 67.2 Å². The van der Waals surface area contributed by atoms with E-state index in [0.717, 1.165) is 29.8 Å². The molecule has 0 radical (unpaired) electrons. The summed E-state index contributed by atoms with van der Waals surface area (Å²) in [5.74, 6) is 0.645. The van der Waals surface area contributed by atoms with E-state index >= 15 is 0 Å². The van der Waals surface area contributed by atoms with Crippen LogP contribution in [0.4, 0.5) is 0 Å². The molecule has 1 amide bonds. The van der Waals surface area contributed by atoms with E-state index in [1.54, 1.807) is 0 Å². The molecule has 5 heteroatoms. The molecule has 0 aliphatic heterocycles. The number of aryl methyl sites for hydroxylation is 2. The Bertz CT molecular complexity index is 548. The molecule has 1 aromatic heterocycles. The van der Waals surface area contributed by atoms with Gasteiger partial charge in [0.15, 0.2) is 0 Å². The quantitative estimate of drug-likeness (QED) is 0.769. The van der Waals surface area contributed by atoms with Crippen molar-refractivity contribution in [1.82, 2.24) is 14.9 Å². The van der Waals surface area contributed by atoms with Gasteiger partial charge in [-0.05, 0) is 25.5 Å². The molecule has 5 nitrogen and oxygen atoms in total. The summed E-state index contributed by atoms with van der Waals surface area (Å²) in [4.78, 5) is 15.4. The van der Waals surface area contributed by atoms with E-state index in [-0.39, 0.29) is 5.91 Å². The minimum absolute atomic E-state index is 0.331. The van der Waals surface area contributed by atoms with Crippen molar-refractivity contribution in [1.29, 1.82) is 0 Å². The largest absolute Gasteiger partial charge is 0.387 e. The number of hydrogen-bond donors (Lipinski definition) is 2. The lowest BCUT2D eigenvalue weighted by Crippen LogP contribution is -2.27. The first-order valence-electron chi connectivity index (χ1n) is 6.02. The molecule has 0 spiro atoms. The summed E-state index contributed by atoms with van der Waals surface area (Å²) in [5.41, 5.74) is 2.11. The summed E-state index contributed by atoms with van der Waals surface area (Å²) >= 11 is 0. The number of carbonyl (C=O) groups excluding carboxylic acids is 1. The molecule has 18 heavy (non-hydrogen) atoms. The zero-order valence-electron chi connectivity index (χ0n) is 10.4. The van der Waals surface area contributed by atoms with Crippen LogP contribution in [0.25, 0.3) is 11.0 Å². The third-order valence-corrected chi connectivity index (χ3v) is 2.87. The molecule has 2 aromatic rings. The third-order valence-electron chi connectivity index (χ3n) is 2.87. The third kappa shape index (κ3) is 2.68. The highest BCUT2D eigenvalue weighted by molar-refractivity contribution is 5.77. The molecular weight excluding hydrogens is 230 g/mol. The number of para-hydroxylation sites is 2. The number of fused-ring (bicyclic) bond motifs is 1. The molecule has 0 aliphatic carbocycles. The van der Waals surface area contributed by atoms with Gasteiger partial charge in [-0.15, -0.1) is 0 Å². The number of rotatable bonds is 5. The van der Waals surface area contributed by atoms with Crippen LogP contribution in [-0.2, 0) is 11.3 Å². The molecule has 0 saturated heterocycles. The Hall–Kier alpha value is -1.88. The lowest BCUT2D eigenvalue weighted by Gasteiger charge is -2.07. The Balaban J connectivity index is 1.99. The van der Waals surface area contributed by atoms with Gasteiger partial charge in [-0.1, -0.05) is 12.1 Å². The molecule has 1 heterocycles. The number of nitrogens with zero attached hydrogens (tertiary/aromatic N) is 2. The second-order valence-corrected chi connectivity index (χ2v) is 4.16. The van der Waals surface area contributed by atoms with E-state index < -0.39 is 6.61 Å². The van der Waals surface area contributed by atoms with Crippen molar-refractivity contribution in [3.05, 3.63) is 30.1 Å². The second-order valence-electron chi connectivity index (χ2n) is 4.16. The average molecular weight is 247 g/mol. The van der Waals surface area contributed by atoms with Gasteiger partial charge in [0.05, 0.1) is 11.0 Å². The number of benzene rings is 1. The summed E-state index contributed by atoms with van der Waals surface area (Å²) in [6, 6.07) is 8.00. The van der Waals surface area contributed by atoms with Gasteiger partial charge in [0.25, 0.3) is 0 Å². The number of imidazole rings is 1. The SMILES string of the molecule is Cc1nc2ccccc2n1CCCNC(=O)CO. The van der Waals surface area contributed by atoms with Crippen molar-refractivity contribution in [2.75, 3.05) is 13.2 Å². The van der Waals surface area contributed by atoms with Crippen LogP contribution in [-0.4, -0.2) is 33.7 Å². The Labute approximate surface area is 105 Å². The second kappa shape index (κ2) is 5.64. The zero-order valence-corrected chi connectivity index (χ0v) is 10.4. The van der Waals surface area contributed by atoms with Crippen molar-refractivity contribution >= 4 is 16.9 Å². The number of aliphatic hydroxyl groups excluding tert-OH is 1. The van der Waals surface area contributed by atoms with Crippen LogP contribution in [0.5, 0.6) is 0 Å². The number of nitrogens with one attached hydrogen (secondary N) is 1. The van der Waals surface area contributed by atoms with Gasteiger partial charge in [0.2, 0.25) is 5.91 Å². The van der Waals surface area contributed by atoms with Gasteiger partial charge in [-0.25, -0.2) is 4.98 Å². The van der Waals surface area contributed by atoms with Gasteiger partial charge in [0, 0.05) is 13.1 Å². The van der Waals surface area contributed by atoms with Crippen LogP contribution in [0.3, 0.4) is 0 Å². The minimum atomic E-state index is -0.451. The lowest BCUT2D eigenvalue weighted by atomic mass is 10.3. The summed E-state index contributed by atoms with van der Waals surface area (Å²) in [5, 5.41) is 11.2. The first-order chi connectivity index (χ1) is 8.72. The predicted molar refractivity (Wildman–Crippen MR) is 69.2 cm³/mol. The van der Waals surface area contributed by atoms with Gasteiger partial charge in [-0.3, -0.25) is 4.79 Å². The predicted octanol–water partition coefficient (Wildman–Crippen LogP) is 0.843. The summed E-state index contributed by atoms with van der Waals surface area (Å²) < 4.78 is 2.14. The van der Waals surface area contributed by atoms with Crippen molar-refractivity contribution in [2.24, 2.45) is 0 Å². The van der Waals surface area contributed by atoms with Crippen LogP contribution in [0.15, 0.2) is 24.3 Å². The number of carbonyl (C=O) groups is 1. The zero-order chi connectivity index (χ0) is 13.0. The smallest absolute Gasteiger partial charge is 0.245 e. The molecule has 0 bridgehead atoms. The molecule has 96 valence electrons. The van der Waals surface area contributed by atoms with E-state index in [4.69, 9.17) is 5.11 Å². The Morgan fingerprint density at radius 1 is 1.44 bits per heavy atom. The molecular formula is C13H17N3O2. The van der Waals surface area contributed by atoms with Crippen LogP contribution in [0.1, 0.15) is 12.2 Å². The van der Waals surface area contributed by atoms with E-state index in [1.165, 1.54) is 0 Å². The van der Waals surface area contributed by atoms with Crippen LogP contribution in [0, 0.1) is 6.92 Å². The molecule has 0 fully saturated rings. The summed E-state index contributed by atoms with van der Waals surface area (Å²) in [7, 11) is 0. The molecule has 0 atom stereocenters. The summed E-state index contributed by atoms with van der Waals surface area (Å²) in [6.07, 6.45) is 0.812. The molecule has 0 unspecified atom stereocenters. The first-order valence-corrected chi connectivity index (χ1v) is 6.02. The maximum absolute atomic E-state index is 10.9. The maximum Gasteiger partial charge on any atom is 0.245 e. The Morgan fingerprint density at radius 2 is 2.22 bits per heavy atom. The normalized spacial score (nSPS) is 10.8. The van der Waals surface area contributed by atoms with Crippen LogP contribution in [0.2, 0.25) is 0 Å². The number of aliphatic hydroxyl groups is 1. The van der Waals surface area contributed by atoms with Crippen molar-refractivity contribution in [3.8, 4) is 0 Å². The van der Waals surface area contributed by atoms with E-state index in [1.807, 2.05) is 31.2 Å².